The summed E-state index contributed by atoms with van der Waals surface area (Å²) in [4.78, 5) is 0. The number of aliphatic hydroxyl groups is 1. The van der Waals surface area contributed by atoms with Gasteiger partial charge in [-0.15, -0.1) is 0 Å². The van der Waals surface area contributed by atoms with Gasteiger partial charge in [-0.3, -0.25) is 0 Å². The zero-order valence-electron chi connectivity index (χ0n) is 10.5. The van der Waals surface area contributed by atoms with Crippen LogP contribution in [0.1, 0.15) is 49.1 Å². The maximum Gasteiger partial charge on any atom is 0.0431 e. The highest BCUT2D eigenvalue weighted by molar-refractivity contribution is 5.33. The fourth-order valence-electron chi connectivity index (χ4n) is 2.25. The first kappa shape index (κ1) is 12.6. The van der Waals surface area contributed by atoms with E-state index in [4.69, 9.17) is 5.11 Å². The van der Waals surface area contributed by atoms with Crippen molar-refractivity contribution in [3.05, 3.63) is 35.4 Å². The molecule has 1 saturated carbocycles. The summed E-state index contributed by atoms with van der Waals surface area (Å²) in [5.74, 6) is 0.836. The van der Waals surface area contributed by atoms with Crippen LogP contribution >= 0.6 is 0 Å². The van der Waals surface area contributed by atoms with Gasteiger partial charge < -0.3 is 10.4 Å². The zero-order chi connectivity index (χ0) is 11.9. The van der Waals surface area contributed by atoms with Gasteiger partial charge in [0.1, 0.15) is 0 Å². The monoisotopic (exact) mass is 233 g/mol. The third-order valence-corrected chi connectivity index (χ3v) is 3.40. The van der Waals surface area contributed by atoms with Crippen molar-refractivity contribution in [2.75, 3.05) is 13.2 Å². The van der Waals surface area contributed by atoms with Crippen LogP contribution in [0.25, 0.3) is 0 Å². The average molecular weight is 233 g/mol. The molecular weight excluding hydrogens is 210 g/mol. The molecule has 0 aromatic heterocycles. The fourth-order valence-corrected chi connectivity index (χ4v) is 2.25. The maximum absolute atomic E-state index is 8.68. The zero-order valence-corrected chi connectivity index (χ0v) is 10.5. The Labute approximate surface area is 104 Å². The highest BCUT2D eigenvalue weighted by Gasteiger charge is 2.25. The van der Waals surface area contributed by atoms with Crippen LogP contribution in [0.5, 0.6) is 0 Å². The van der Waals surface area contributed by atoms with Crippen LogP contribution in [0.4, 0.5) is 0 Å². The van der Waals surface area contributed by atoms with E-state index in [1.807, 2.05) is 0 Å². The van der Waals surface area contributed by atoms with Gasteiger partial charge in [0.25, 0.3) is 0 Å². The van der Waals surface area contributed by atoms with E-state index in [0.29, 0.717) is 6.61 Å². The van der Waals surface area contributed by atoms with Gasteiger partial charge in [-0.25, -0.2) is 0 Å². The lowest BCUT2D eigenvalue weighted by atomic mass is 10.0. The van der Waals surface area contributed by atoms with E-state index in [2.05, 4.69) is 29.6 Å². The SMILES string of the molecule is OCCCCCNCc1ccccc1C1CC1. The van der Waals surface area contributed by atoms with Crippen LogP contribution in [0.15, 0.2) is 24.3 Å². The molecule has 0 radical (unpaired) electrons. The molecule has 2 nitrogen and oxygen atoms in total. The summed E-state index contributed by atoms with van der Waals surface area (Å²) in [7, 11) is 0. The van der Waals surface area contributed by atoms with Crippen molar-refractivity contribution in [2.24, 2.45) is 0 Å². The molecule has 0 heterocycles. The molecule has 0 atom stereocenters. The number of nitrogens with one attached hydrogen (secondary N) is 1. The van der Waals surface area contributed by atoms with E-state index in [-0.39, 0.29) is 0 Å². The average Bonchev–Trinajstić information content (AvgIpc) is 3.18. The van der Waals surface area contributed by atoms with Crippen molar-refractivity contribution in [2.45, 2.75) is 44.6 Å². The molecule has 2 rings (SSSR count). The lowest BCUT2D eigenvalue weighted by molar-refractivity contribution is 0.283. The van der Waals surface area contributed by atoms with E-state index < -0.39 is 0 Å². The molecule has 0 spiro atoms. The molecule has 1 fully saturated rings. The number of rotatable bonds is 8. The quantitative estimate of drug-likeness (QED) is 0.677. The molecule has 94 valence electrons. The van der Waals surface area contributed by atoms with Gasteiger partial charge in [-0.2, -0.15) is 0 Å². The van der Waals surface area contributed by atoms with Crippen LogP contribution in [0, 0.1) is 0 Å². The molecule has 0 aliphatic heterocycles. The van der Waals surface area contributed by atoms with Crippen molar-refractivity contribution in [1.82, 2.24) is 5.32 Å². The summed E-state index contributed by atoms with van der Waals surface area (Å²) in [6.07, 6.45) is 5.95. The fraction of sp³-hybridized carbons (Fsp3) is 0.600. The first-order valence-corrected chi connectivity index (χ1v) is 6.81. The van der Waals surface area contributed by atoms with E-state index in [0.717, 1.165) is 38.3 Å². The second-order valence-electron chi connectivity index (χ2n) is 4.93. The van der Waals surface area contributed by atoms with Gasteiger partial charge in [-0.05, 0) is 55.7 Å². The summed E-state index contributed by atoms with van der Waals surface area (Å²) in [6.45, 7) is 2.37. The minimum absolute atomic E-state index is 0.324. The molecule has 0 saturated heterocycles. The predicted molar refractivity (Wildman–Crippen MR) is 71.1 cm³/mol. The summed E-state index contributed by atoms with van der Waals surface area (Å²) in [5, 5.41) is 12.2. The molecule has 1 aromatic rings. The van der Waals surface area contributed by atoms with Crippen LogP contribution < -0.4 is 5.32 Å². The number of aliphatic hydroxyl groups excluding tert-OH is 1. The molecule has 1 aliphatic carbocycles. The minimum atomic E-state index is 0.324. The second kappa shape index (κ2) is 6.77. The van der Waals surface area contributed by atoms with Crippen LogP contribution in [0.3, 0.4) is 0 Å². The summed E-state index contributed by atoms with van der Waals surface area (Å²) in [6, 6.07) is 8.81. The van der Waals surface area contributed by atoms with E-state index in [9.17, 15) is 0 Å². The van der Waals surface area contributed by atoms with E-state index in [1.54, 1.807) is 5.56 Å². The number of hydrogen-bond donors (Lipinski definition) is 2. The van der Waals surface area contributed by atoms with Crippen LogP contribution in [0.2, 0.25) is 0 Å². The summed E-state index contributed by atoms with van der Waals surface area (Å²) >= 11 is 0. The Bertz CT molecular complexity index is 333. The molecular formula is C15H23NO. The van der Waals surface area contributed by atoms with Crippen molar-refractivity contribution >= 4 is 0 Å². The summed E-state index contributed by atoms with van der Waals surface area (Å²) < 4.78 is 0. The van der Waals surface area contributed by atoms with Gasteiger partial charge in [0.05, 0.1) is 0 Å². The molecule has 0 amide bonds. The van der Waals surface area contributed by atoms with Gasteiger partial charge in [0.2, 0.25) is 0 Å². The molecule has 0 unspecified atom stereocenters. The largest absolute Gasteiger partial charge is 0.396 e. The Morgan fingerprint density at radius 1 is 1.12 bits per heavy atom. The molecule has 0 bridgehead atoms. The first-order chi connectivity index (χ1) is 8.42. The minimum Gasteiger partial charge on any atom is -0.396 e. The smallest absolute Gasteiger partial charge is 0.0431 e. The van der Waals surface area contributed by atoms with Crippen molar-refractivity contribution in [3.8, 4) is 0 Å². The number of hydrogen-bond acceptors (Lipinski definition) is 2. The van der Waals surface area contributed by atoms with Gasteiger partial charge >= 0.3 is 0 Å². The van der Waals surface area contributed by atoms with Gasteiger partial charge in [-0.1, -0.05) is 24.3 Å². The lowest BCUT2D eigenvalue weighted by Gasteiger charge is -2.09. The first-order valence-electron chi connectivity index (χ1n) is 6.81. The van der Waals surface area contributed by atoms with Crippen molar-refractivity contribution < 1.29 is 5.11 Å². The normalized spacial score (nSPS) is 15.1. The lowest BCUT2D eigenvalue weighted by Crippen LogP contribution is -2.15. The topological polar surface area (TPSA) is 32.3 Å². The standard InChI is InChI=1S/C15H23NO/c17-11-5-1-4-10-16-12-14-6-2-3-7-15(14)13-8-9-13/h2-3,6-7,13,16-17H,1,4-5,8-12H2. The molecule has 17 heavy (non-hydrogen) atoms. The van der Waals surface area contributed by atoms with Crippen LogP contribution in [-0.2, 0) is 6.54 Å². The Kier molecular flexibility index (Phi) is 5.02. The van der Waals surface area contributed by atoms with Crippen LogP contribution in [-0.4, -0.2) is 18.3 Å². The second-order valence-corrected chi connectivity index (χ2v) is 4.93. The van der Waals surface area contributed by atoms with E-state index >= 15 is 0 Å². The molecule has 2 N–H and O–H groups in total. The highest BCUT2D eigenvalue weighted by atomic mass is 16.2. The third-order valence-electron chi connectivity index (χ3n) is 3.40. The van der Waals surface area contributed by atoms with Crippen molar-refractivity contribution in [1.29, 1.82) is 0 Å². The molecule has 2 heteroatoms. The Morgan fingerprint density at radius 2 is 1.94 bits per heavy atom. The Balaban J connectivity index is 1.71. The highest BCUT2D eigenvalue weighted by Crippen LogP contribution is 2.41. The van der Waals surface area contributed by atoms with E-state index in [1.165, 1.54) is 18.4 Å². The van der Waals surface area contributed by atoms with Crippen molar-refractivity contribution in [3.63, 3.8) is 0 Å². The summed E-state index contributed by atoms with van der Waals surface area (Å²) in [5.41, 5.74) is 3.02. The number of benzene rings is 1. The Hall–Kier alpha value is -0.860. The molecule has 1 aromatic carbocycles. The number of unbranched alkanes of at least 4 members (excludes halogenated alkanes) is 2. The maximum atomic E-state index is 8.68. The van der Waals surface area contributed by atoms with Gasteiger partial charge in [0.15, 0.2) is 0 Å². The third kappa shape index (κ3) is 4.14. The van der Waals surface area contributed by atoms with Gasteiger partial charge in [0, 0.05) is 13.2 Å². The Morgan fingerprint density at radius 3 is 2.71 bits per heavy atom. The predicted octanol–water partition coefficient (Wildman–Crippen LogP) is 2.82. The molecule has 1 aliphatic rings.